The van der Waals surface area contributed by atoms with E-state index in [1.165, 1.54) is 4.90 Å². The number of carbonyl (C=O) groups is 2. The van der Waals surface area contributed by atoms with Crippen molar-refractivity contribution in [3.8, 4) is 5.75 Å². The number of nitrogens with zero attached hydrogens (tertiary/aromatic N) is 2. The Morgan fingerprint density at radius 1 is 0.884 bits per heavy atom. The minimum atomic E-state index is -4.11. The fourth-order valence-corrected chi connectivity index (χ4v) is 6.94. The molecule has 1 atom stereocenters. The van der Waals surface area contributed by atoms with Gasteiger partial charge in [0, 0.05) is 12.6 Å². The van der Waals surface area contributed by atoms with E-state index in [1.54, 1.807) is 62.6 Å². The summed E-state index contributed by atoms with van der Waals surface area (Å²) in [6.45, 7) is 7.04. The summed E-state index contributed by atoms with van der Waals surface area (Å²) in [6, 6.07) is 18.6. The molecule has 1 aliphatic carbocycles. The van der Waals surface area contributed by atoms with Gasteiger partial charge in [0.25, 0.3) is 10.0 Å². The molecular formula is C34H43N3O5S. The number of benzene rings is 3. The number of rotatable bonds is 11. The van der Waals surface area contributed by atoms with E-state index >= 15 is 0 Å². The normalized spacial score (nSPS) is 14.5. The van der Waals surface area contributed by atoms with Crippen LogP contribution in [0.25, 0.3) is 0 Å². The van der Waals surface area contributed by atoms with E-state index in [4.69, 9.17) is 4.74 Å². The lowest BCUT2D eigenvalue weighted by atomic mass is 9.95. The van der Waals surface area contributed by atoms with Crippen LogP contribution in [-0.4, -0.2) is 50.9 Å². The van der Waals surface area contributed by atoms with E-state index < -0.39 is 28.5 Å². The van der Waals surface area contributed by atoms with Crippen LogP contribution < -0.4 is 14.4 Å². The van der Waals surface area contributed by atoms with Gasteiger partial charge in [-0.1, -0.05) is 55.2 Å². The zero-order valence-corrected chi connectivity index (χ0v) is 26.6. The first-order valence-corrected chi connectivity index (χ1v) is 16.3. The van der Waals surface area contributed by atoms with Crippen LogP contribution in [0, 0.1) is 20.8 Å². The molecule has 0 heterocycles. The number of sulfonamides is 1. The molecule has 0 saturated heterocycles. The van der Waals surface area contributed by atoms with Gasteiger partial charge in [0.1, 0.15) is 18.3 Å². The molecule has 1 fully saturated rings. The molecule has 3 aromatic carbocycles. The second-order valence-corrected chi connectivity index (χ2v) is 13.4. The van der Waals surface area contributed by atoms with Gasteiger partial charge in [-0.15, -0.1) is 0 Å². The van der Waals surface area contributed by atoms with Crippen LogP contribution in [0.3, 0.4) is 0 Å². The summed E-state index contributed by atoms with van der Waals surface area (Å²) in [5, 5.41) is 3.13. The topological polar surface area (TPSA) is 96.0 Å². The molecule has 0 aromatic heterocycles. The zero-order valence-electron chi connectivity index (χ0n) is 25.8. The molecule has 8 nitrogen and oxygen atoms in total. The third-order valence-electron chi connectivity index (χ3n) is 8.01. The van der Waals surface area contributed by atoms with Gasteiger partial charge >= 0.3 is 0 Å². The Bertz CT molecular complexity index is 1490. The first-order chi connectivity index (χ1) is 20.5. The van der Waals surface area contributed by atoms with Crippen molar-refractivity contribution < 1.29 is 22.7 Å². The number of carbonyl (C=O) groups excluding carboxylic acids is 2. The summed E-state index contributed by atoms with van der Waals surface area (Å²) in [7, 11) is -2.53. The summed E-state index contributed by atoms with van der Waals surface area (Å²) in [4.78, 5) is 29.3. The fraction of sp³-hybridized carbons (Fsp3) is 0.412. The lowest BCUT2D eigenvalue weighted by Gasteiger charge is -2.33. The van der Waals surface area contributed by atoms with Crippen molar-refractivity contribution in [2.45, 2.75) is 83.3 Å². The first-order valence-electron chi connectivity index (χ1n) is 14.9. The van der Waals surface area contributed by atoms with Crippen molar-refractivity contribution in [1.82, 2.24) is 10.2 Å². The highest BCUT2D eigenvalue weighted by atomic mass is 32.2. The minimum Gasteiger partial charge on any atom is -0.497 e. The summed E-state index contributed by atoms with van der Waals surface area (Å²) in [5.74, 6) is -0.0417. The van der Waals surface area contributed by atoms with Gasteiger partial charge in [-0.3, -0.25) is 13.9 Å². The van der Waals surface area contributed by atoms with Crippen molar-refractivity contribution in [2.75, 3.05) is 18.0 Å². The standard InChI is InChI=1S/C34H43N3O5S/c1-24-11-17-32(18-12-24)43(40,41)37(30-20-25(2)19-26(3)21-30)23-33(38)36(22-28-13-15-31(42-5)16-14-28)27(4)34(39)35-29-9-7-6-8-10-29/h11-21,27,29H,6-10,22-23H2,1-5H3,(H,35,39). The zero-order chi connectivity index (χ0) is 31.1. The summed E-state index contributed by atoms with van der Waals surface area (Å²) in [6.07, 6.45) is 5.12. The van der Waals surface area contributed by atoms with Gasteiger partial charge < -0.3 is 15.0 Å². The number of anilines is 1. The van der Waals surface area contributed by atoms with Gasteiger partial charge in [-0.2, -0.15) is 0 Å². The SMILES string of the molecule is COc1ccc(CN(C(=O)CN(c2cc(C)cc(C)c2)S(=O)(=O)c2ccc(C)cc2)C(C)C(=O)NC2CCCCC2)cc1. The van der Waals surface area contributed by atoms with E-state index in [0.29, 0.717) is 11.4 Å². The van der Waals surface area contributed by atoms with Gasteiger partial charge in [0.2, 0.25) is 11.8 Å². The third-order valence-corrected chi connectivity index (χ3v) is 9.80. The van der Waals surface area contributed by atoms with Crippen molar-refractivity contribution >= 4 is 27.5 Å². The van der Waals surface area contributed by atoms with Gasteiger partial charge in [-0.25, -0.2) is 8.42 Å². The second kappa shape index (κ2) is 14.1. The number of ether oxygens (including phenoxy) is 1. The summed E-state index contributed by atoms with van der Waals surface area (Å²) in [5.41, 5.74) is 3.88. The highest BCUT2D eigenvalue weighted by molar-refractivity contribution is 7.92. The monoisotopic (exact) mass is 605 g/mol. The molecule has 3 aromatic rings. The van der Waals surface area contributed by atoms with E-state index in [0.717, 1.165) is 58.7 Å². The molecule has 0 radical (unpaired) electrons. The van der Waals surface area contributed by atoms with E-state index in [1.807, 2.05) is 39.0 Å². The Labute approximate surface area is 256 Å². The molecule has 2 amide bonds. The number of aryl methyl sites for hydroxylation is 3. The molecule has 1 aliphatic rings. The van der Waals surface area contributed by atoms with Crippen LogP contribution >= 0.6 is 0 Å². The number of amides is 2. The molecule has 230 valence electrons. The lowest BCUT2D eigenvalue weighted by Crippen LogP contribution is -2.53. The lowest BCUT2D eigenvalue weighted by molar-refractivity contribution is -0.139. The van der Waals surface area contributed by atoms with Crippen LogP contribution in [0.4, 0.5) is 5.69 Å². The van der Waals surface area contributed by atoms with Gasteiger partial charge in [0.15, 0.2) is 0 Å². The highest BCUT2D eigenvalue weighted by Crippen LogP contribution is 2.27. The highest BCUT2D eigenvalue weighted by Gasteiger charge is 2.33. The molecule has 1 unspecified atom stereocenters. The van der Waals surface area contributed by atoms with E-state index in [-0.39, 0.29) is 23.4 Å². The predicted octanol–water partition coefficient (Wildman–Crippen LogP) is 5.68. The minimum absolute atomic E-state index is 0.0790. The average molecular weight is 606 g/mol. The van der Waals surface area contributed by atoms with Crippen molar-refractivity contribution in [2.24, 2.45) is 0 Å². The molecule has 9 heteroatoms. The van der Waals surface area contributed by atoms with Crippen LogP contribution in [0.1, 0.15) is 61.3 Å². The van der Waals surface area contributed by atoms with Crippen LogP contribution in [0.2, 0.25) is 0 Å². The molecule has 4 rings (SSSR count). The van der Waals surface area contributed by atoms with Crippen LogP contribution in [0.15, 0.2) is 71.6 Å². The summed E-state index contributed by atoms with van der Waals surface area (Å²) >= 11 is 0. The summed E-state index contributed by atoms with van der Waals surface area (Å²) < 4.78 is 34.6. The smallest absolute Gasteiger partial charge is 0.264 e. The maximum atomic E-state index is 14.2. The molecule has 1 N–H and O–H groups in total. The molecule has 0 spiro atoms. The number of methoxy groups -OCH3 is 1. The largest absolute Gasteiger partial charge is 0.497 e. The molecule has 0 bridgehead atoms. The van der Waals surface area contributed by atoms with Gasteiger partial charge in [0.05, 0.1) is 17.7 Å². The number of nitrogens with one attached hydrogen (secondary N) is 1. The first kappa shape index (κ1) is 32.1. The maximum absolute atomic E-state index is 14.2. The Morgan fingerprint density at radius 2 is 1.49 bits per heavy atom. The Hall–Kier alpha value is -3.85. The van der Waals surface area contributed by atoms with Gasteiger partial charge in [-0.05, 0) is 93.6 Å². The number of hydrogen-bond donors (Lipinski definition) is 1. The maximum Gasteiger partial charge on any atom is 0.264 e. The van der Waals surface area contributed by atoms with Crippen molar-refractivity contribution in [3.63, 3.8) is 0 Å². The van der Waals surface area contributed by atoms with Crippen LogP contribution in [0.5, 0.6) is 5.75 Å². The Morgan fingerprint density at radius 3 is 2.07 bits per heavy atom. The van der Waals surface area contributed by atoms with Crippen molar-refractivity contribution in [1.29, 1.82) is 0 Å². The second-order valence-electron chi connectivity index (χ2n) is 11.6. The van der Waals surface area contributed by atoms with E-state index in [2.05, 4.69) is 5.32 Å². The van der Waals surface area contributed by atoms with Crippen molar-refractivity contribution in [3.05, 3.63) is 89.0 Å². The molecule has 0 aliphatic heterocycles. The predicted molar refractivity (Wildman–Crippen MR) is 170 cm³/mol. The molecular weight excluding hydrogens is 562 g/mol. The Balaban J connectivity index is 1.70. The molecule has 1 saturated carbocycles. The average Bonchev–Trinajstić information content (AvgIpc) is 2.98. The fourth-order valence-electron chi connectivity index (χ4n) is 5.54. The van der Waals surface area contributed by atoms with E-state index in [9.17, 15) is 18.0 Å². The third kappa shape index (κ3) is 8.16. The molecule has 43 heavy (non-hydrogen) atoms. The Kier molecular flexibility index (Phi) is 10.5. The number of hydrogen-bond acceptors (Lipinski definition) is 5. The quantitative estimate of drug-likeness (QED) is 0.303. The van der Waals surface area contributed by atoms with Crippen LogP contribution in [-0.2, 0) is 26.2 Å².